The maximum Gasteiger partial charge on any atom is 0.407 e. The predicted octanol–water partition coefficient (Wildman–Crippen LogP) is 3.34. The van der Waals surface area contributed by atoms with E-state index in [4.69, 9.17) is 0 Å². The standard InChI is InChI=1S/C16H22FNO3/c1-10-5-6-11(9-12(10)17)13(19)16(15(2,3)4)7-8-18(16)14(20)21/h5-6,9,13,19H,7-8H2,1-4H3,(H,20,21)/t13?,16-/m1/s1. The second-order valence-corrected chi connectivity index (χ2v) is 6.77. The van der Waals surface area contributed by atoms with Crippen molar-refractivity contribution in [3.8, 4) is 0 Å². The molecule has 1 saturated heterocycles. The van der Waals surface area contributed by atoms with Gasteiger partial charge in [0.15, 0.2) is 0 Å². The van der Waals surface area contributed by atoms with Crippen LogP contribution in [0.4, 0.5) is 9.18 Å². The van der Waals surface area contributed by atoms with Crippen LogP contribution in [0.2, 0.25) is 0 Å². The smallest absolute Gasteiger partial charge is 0.407 e. The second-order valence-electron chi connectivity index (χ2n) is 6.77. The van der Waals surface area contributed by atoms with Crippen LogP contribution in [0.25, 0.3) is 0 Å². The number of halogens is 1. The highest BCUT2D eigenvalue weighted by atomic mass is 19.1. The maximum absolute atomic E-state index is 13.8. The van der Waals surface area contributed by atoms with Crippen LogP contribution in [0.5, 0.6) is 0 Å². The van der Waals surface area contributed by atoms with Gasteiger partial charge in [-0.1, -0.05) is 32.9 Å². The third-order valence-electron chi connectivity index (χ3n) is 4.69. The number of carboxylic acid groups (broad SMARTS) is 1. The zero-order valence-corrected chi connectivity index (χ0v) is 12.9. The molecule has 1 amide bonds. The Kier molecular flexibility index (Phi) is 3.74. The van der Waals surface area contributed by atoms with Gasteiger partial charge in [0.05, 0.1) is 5.54 Å². The Labute approximate surface area is 124 Å². The van der Waals surface area contributed by atoms with Crippen molar-refractivity contribution in [2.24, 2.45) is 5.41 Å². The number of aliphatic hydroxyl groups excluding tert-OH is 1. The summed E-state index contributed by atoms with van der Waals surface area (Å²) in [6, 6.07) is 4.56. The molecule has 1 aliphatic rings. The third kappa shape index (κ3) is 2.29. The molecule has 1 unspecified atom stereocenters. The number of hydrogen-bond donors (Lipinski definition) is 2. The Bertz CT molecular complexity index is 567. The number of nitrogens with zero attached hydrogens (tertiary/aromatic N) is 1. The summed E-state index contributed by atoms with van der Waals surface area (Å²) < 4.78 is 13.8. The summed E-state index contributed by atoms with van der Waals surface area (Å²) in [5.74, 6) is -0.392. The van der Waals surface area contributed by atoms with Gasteiger partial charge < -0.3 is 10.2 Å². The fourth-order valence-corrected chi connectivity index (χ4v) is 3.26. The van der Waals surface area contributed by atoms with Gasteiger partial charge in [0.25, 0.3) is 0 Å². The Morgan fingerprint density at radius 2 is 2.05 bits per heavy atom. The summed E-state index contributed by atoms with van der Waals surface area (Å²) >= 11 is 0. The lowest BCUT2D eigenvalue weighted by Crippen LogP contribution is -2.70. The van der Waals surface area contributed by atoms with Gasteiger partial charge in [-0.25, -0.2) is 9.18 Å². The van der Waals surface area contributed by atoms with E-state index in [-0.39, 0.29) is 0 Å². The lowest BCUT2D eigenvalue weighted by atomic mass is 9.61. The van der Waals surface area contributed by atoms with Crippen LogP contribution in [-0.4, -0.2) is 33.3 Å². The molecule has 0 bridgehead atoms. The van der Waals surface area contributed by atoms with Crippen molar-refractivity contribution >= 4 is 6.09 Å². The Hall–Kier alpha value is -1.62. The first-order chi connectivity index (χ1) is 9.61. The fourth-order valence-electron chi connectivity index (χ4n) is 3.26. The zero-order valence-electron chi connectivity index (χ0n) is 12.9. The number of hydrogen-bond acceptors (Lipinski definition) is 2. The predicted molar refractivity (Wildman–Crippen MR) is 77.6 cm³/mol. The molecule has 0 radical (unpaired) electrons. The molecule has 1 fully saturated rings. The molecule has 1 aliphatic heterocycles. The normalized spacial score (nSPS) is 23.6. The maximum atomic E-state index is 13.8. The molecule has 4 nitrogen and oxygen atoms in total. The van der Waals surface area contributed by atoms with Gasteiger partial charge in [0.2, 0.25) is 0 Å². The first-order valence-corrected chi connectivity index (χ1v) is 7.06. The Morgan fingerprint density at radius 1 is 1.43 bits per heavy atom. The van der Waals surface area contributed by atoms with E-state index in [9.17, 15) is 19.4 Å². The summed E-state index contributed by atoms with van der Waals surface area (Å²) in [7, 11) is 0. The van der Waals surface area contributed by atoms with Crippen LogP contribution in [0.1, 0.15) is 44.4 Å². The number of amides is 1. The topological polar surface area (TPSA) is 60.8 Å². The Balaban J connectivity index is 2.47. The Morgan fingerprint density at radius 3 is 2.43 bits per heavy atom. The molecule has 5 heteroatoms. The number of aliphatic hydroxyl groups is 1. The van der Waals surface area contributed by atoms with Crippen LogP contribution < -0.4 is 0 Å². The number of benzene rings is 1. The van der Waals surface area contributed by atoms with E-state index in [2.05, 4.69) is 0 Å². The quantitative estimate of drug-likeness (QED) is 0.879. The minimum absolute atomic E-state index is 0.387. The molecule has 2 rings (SSSR count). The summed E-state index contributed by atoms with van der Waals surface area (Å²) in [5.41, 5.74) is -0.483. The molecule has 1 aromatic rings. The minimum atomic E-state index is -1.06. The minimum Gasteiger partial charge on any atom is -0.465 e. The average Bonchev–Trinajstić information content (AvgIpc) is 2.28. The number of likely N-dealkylation sites (tertiary alicyclic amines) is 1. The highest BCUT2D eigenvalue weighted by Crippen LogP contribution is 2.52. The van der Waals surface area contributed by atoms with Gasteiger partial charge in [-0.15, -0.1) is 0 Å². The fraction of sp³-hybridized carbons (Fsp3) is 0.562. The van der Waals surface area contributed by atoms with Crippen LogP contribution in [0, 0.1) is 18.2 Å². The monoisotopic (exact) mass is 295 g/mol. The van der Waals surface area contributed by atoms with Crippen molar-refractivity contribution in [3.05, 3.63) is 35.1 Å². The molecule has 21 heavy (non-hydrogen) atoms. The van der Waals surface area contributed by atoms with E-state index in [1.54, 1.807) is 19.1 Å². The molecule has 0 saturated carbocycles. The second kappa shape index (κ2) is 4.98. The molecular weight excluding hydrogens is 273 g/mol. The number of aryl methyl sites for hydroxylation is 1. The van der Waals surface area contributed by atoms with Crippen LogP contribution in [-0.2, 0) is 0 Å². The van der Waals surface area contributed by atoms with E-state index in [0.29, 0.717) is 24.1 Å². The molecule has 2 atom stereocenters. The first-order valence-electron chi connectivity index (χ1n) is 7.06. The van der Waals surface area contributed by atoms with Crippen LogP contribution in [0.15, 0.2) is 18.2 Å². The molecule has 0 aromatic heterocycles. The summed E-state index contributed by atoms with van der Waals surface area (Å²) in [6.07, 6.45) is -1.56. The molecule has 2 N–H and O–H groups in total. The number of rotatable bonds is 2. The van der Waals surface area contributed by atoms with Crippen molar-refractivity contribution in [2.75, 3.05) is 6.54 Å². The molecular formula is C16H22FNO3. The van der Waals surface area contributed by atoms with Gasteiger partial charge in [0, 0.05) is 6.54 Å². The average molecular weight is 295 g/mol. The van der Waals surface area contributed by atoms with Gasteiger partial charge in [-0.2, -0.15) is 0 Å². The highest BCUT2D eigenvalue weighted by Gasteiger charge is 2.59. The highest BCUT2D eigenvalue weighted by molar-refractivity contribution is 5.68. The summed E-state index contributed by atoms with van der Waals surface area (Å²) in [6.45, 7) is 7.73. The van der Waals surface area contributed by atoms with E-state index < -0.39 is 29.0 Å². The summed E-state index contributed by atoms with van der Waals surface area (Å²) in [5, 5.41) is 20.2. The summed E-state index contributed by atoms with van der Waals surface area (Å²) in [4.78, 5) is 12.7. The van der Waals surface area contributed by atoms with E-state index in [1.807, 2.05) is 20.8 Å². The lowest BCUT2D eigenvalue weighted by molar-refractivity contribution is -0.146. The van der Waals surface area contributed by atoms with Crippen LogP contribution in [0.3, 0.4) is 0 Å². The molecule has 116 valence electrons. The van der Waals surface area contributed by atoms with E-state index >= 15 is 0 Å². The van der Waals surface area contributed by atoms with Crippen molar-refractivity contribution < 1.29 is 19.4 Å². The first kappa shape index (κ1) is 15.8. The van der Waals surface area contributed by atoms with Crippen molar-refractivity contribution in [1.29, 1.82) is 0 Å². The van der Waals surface area contributed by atoms with Crippen molar-refractivity contribution in [2.45, 2.75) is 45.8 Å². The SMILES string of the molecule is Cc1ccc(C(O)[C@@]2(C(C)(C)C)CCN2C(=O)O)cc1F. The lowest BCUT2D eigenvalue weighted by Gasteiger charge is -2.60. The zero-order chi connectivity index (χ0) is 16.0. The molecule has 1 aromatic carbocycles. The van der Waals surface area contributed by atoms with Gasteiger partial charge in [0.1, 0.15) is 11.9 Å². The van der Waals surface area contributed by atoms with Crippen molar-refractivity contribution in [3.63, 3.8) is 0 Å². The molecule has 0 spiro atoms. The molecule has 1 heterocycles. The van der Waals surface area contributed by atoms with Gasteiger partial charge in [-0.05, 0) is 36.0 Å². The van der Waals surface area contributed by atoms with E-state index in [1.165, 1.54) is 11.0 Å². The third-order valence-corrected chi connectivity index (χ3v) is 4.69. The van der Waals surface area contributed by atoms with Gasteiger partial charge >= 0.3 is 6.09 Å². The van der Waals surface area contributed by atoms with Crippen LogP contribution >= 0.6 is 0 Å². The molecule has 0 aliphatic carbocycles. The largest absolute Gasteiger partial charge is 0.465 e. The number of carbonyl (C=O) groups is 1. The van der Waals surface area contributed by atoms with Crippen molar-refractivity contribution in [1.82, 2.24) is 4.90 Å². The van der Waals surface area contributed by atoms with E-state index in [0.717, 1.165) is 0 Å². The van der Waals surface area contributed by atoms with Gasteiger partial charge in [-0.3, -0.25) is 4.90 Å².